The second kappa shape index (κ2) is 6.51. The molecule has 0 radical (unpaired) electrons. The van der Waals surface area contributed by atoms with Gasteiger partial charge >= 0.3 is 0 Å². The van der Waals surface area contributed by atoms with Crippen molar-refractivity contribution in [2.75, 3.05) is 0 Å². The van der Waals surface area contributed by atoms with Crippen molar-refractivity contribution in [3.05, 3.63) is 57.7 Å². The molecule has 2 heterocycles. The number of hydrogen-bond acceptors (Lipinski definition) is 5. The van der Waals surface area contributed by atoms with Crippen LogP contribution in [0.4, 0.5) is 0 Å². The van der Waals surface area contributed by atoms with E-state index in [0.29, 0.717) is 11.7 Å². The summed E-state index contributed by atoms with van der Waals surface area (Å²) in [7, 11) is 0. The quantitative estimate of drug-likeness (QED) is 0.737. The third-order valence-corrected chi connectivity index (χ3v) is 4.82. The normalized spacial score (nSPS) is 12.5. The van der Waals surface area contributed by atoms with Crippen LogP contribution in [0.2, 0.25) is 0 Å². The molecule has 0 fully saturated rings. The highest BCUT2D eigenvalue weighted by atomic mass is 79.9. The Bertz CT molecular complexity index is 711. The molecule has 0 amide bonds. The molecule has 4 nitrogen and oxygen atoms in total. The maximum Gasteiger partial charge on any atom is 0.243 e. The van der Waals surface area contributed by atoms with Crippen LogP contribution < -0.4 is 5.73 Å². The third kappa shape index (κ3) is 3.58. The lowest BCUT2D eigenvalue weighted by molar-refractivity contribution is 0.349. The summed E-state index contributed by atoms with van der Waals surface area (Å²) in [5.41, 5.74) is 7.40. The van der Waals surface area contributed by atoms with Crippen molar-refractivity contribution in [2.24, 2.45) is 5.73 Å². The fourth-order valence-electron chi connectivity index (χ4n) is 2.01. The highest BCUT2D eigenvalue weighted by Gasteiger charge is 2.16. The summed E-state index contributed by atoms with van der Waals surface area (Å²) in [4.78, 5) is 5.36. The molecular weight excluding hydrogens is 350 g/mol. The van der Waals surface area contributed by atoms with Crippen LogP contribution in [-0.2, 0) is 6.42 Å². The molecule has 0 saturated heterocycles. The van der Waals surface area contributed by atoms with E-state index in [1.54, 1.807) is 11.3 Å². The number of halogens is 1. The summed E-state index contributed by atoms with van der Waals surface area (Å²) in [5.74, 6) is 1.08. The van der Waals surface area contributed by atoms with Gasteiger partial charge in [-0.25, -0.2) is 0 Å². The molecule has 0 spiro atoms. The zero-order valence-corrected chi connectivity index (χ0v) is 13.6. The Hall–Kier alpha value is -1.50. The molecular formula is C15H14BrN3OS. The maximum absolute atomic E-state index is 6.14. The van der Waals surface area contributed by atoms with Crippen LogP contribution in [0.1, 0.15) is 23.9 Å². The Morgan fingerprint density at radius 2 is 2.10 bits per heavy atom. The van der Waals surface area contributed by atoms with Gasteiger partial charge < -0.3 is 10.3 Å². The summed E-state index contributed by atoms with van der Waals surface area (Å²) in [6, 6.07) is 12.0. The first kappa shape index (κ1) is 14.4. The van der Waals surface area contributed by atoms with E-state index in [-0.39, 0.29) is 6.04 Å². The van der Waals surface area contributed by atoms with Gasteiger partial charge in [-0.1, -0.05) is 35.5 Å². The zero-order valence-electron chi connectivity index (χ0n) is 11.2. The van der Waals surface area contributed by atoms with Gasteiger partial charge in [0.1, 0.15) is 0 Å². The first-order valence-electron chi connectivity index (χ1n) is 6.60. The lowest BCUT2D eigenvalue weighted by Crippen LogP contribution is -2.11. The Kier molecular flexibility index (Phi) is 4.48. The van der Waals surface area contributed by atoms with Crippen molar-refractivity contribution in [2.45, 2.75) is 18.9 Å². The van der Waals surface area contributed by atoms with Crippen molar-refractivity contribution >= 4 is 27.3 Å². The standard InChI is InChI=1S/C15H14BrN3OS/c16-11-8-13(21-9-11)14-18-15(20-19-14)12(17)7-6-10-4-2-1-3-5-10/h1-5,8-9,12H,6-7,17H2. The number of rotatable bonds is 5. The average molecular weight is 364 g/mol. The van der Waals surface area contributed by atoms with E-state index in [4.69, 9.17) is 10.3 Å². The summed E-state index contributed by atoms with van der Waals surface area (Å²) >= 11 is 4.98. The molecule has 0 aliphatic carbocycles. The number of nitrogens with two attached hydrogens (primary N) is 1. The second-order valence-corrected chi connectivity index (χ2v) is 6.54. The Morgan fingerprint density at radius 3 is 2.81 bits per heavy atom. The predicted molar refractivity (Wildman–Crippen MR) is 87.0 cm³/mol. The lowest BCUT2D eigenvalue weighted by Gasteiger charge is -2.06. The van der Waals surface area contributed by atoms with Crippen LogP contribution in [0.3, 0.4) is 0 Å². The average Bonchev–Trinajstić information content (AvgIpc) is 3.14. The molecule has 6 heteroatoms. The van der Waals surface area contributed by atoms with Gasteiger partial charge in [0.05, 0.1) is 10.9 Å². The van der Waals surface area contributed by atoms with Crippen molar-refractivity contribution in [3.8, 4) is 10.7 Å². The number of aromatic nitrogens is 2. The third-order valence-electron chi connectivity index (χ3n) is 3.13. The first-order valence-corrected chi connectivity index (χ1v) is 8.27. The summed E-state index contributed by atoms with van der Waals surface area (Å²) < 4.78 is 6.30. The summed E-state index contributed by atoms with van der Waals surface area (Å²) in [6.45, 7) is 0. The monoisotopic (exact) mass is 363 g/mol. The van der Waals surface area contributed by atoms with Crippen molar-refractivity contribution in [1.29, 1.82) is 0 Å². The number of benzene rings is 1. The van der Waals surface area contributed by atoms with Gasteiger partial charge in [0.15, 0.2) is 0 Å². The minimum absolute atomic E-state index is 0.241. The highest BCUT2D eigenvalue weighted by Crippen LogP contribution is 2.28. The van der Waals surface area contributed by atoms with E-state index < -0.39 is 0 Å². The molecule has 0 aliphatic rings. The van der Waals surface area contributed by atoms with Gasteiger partial charge in [-0.05, 0) is 40.4 Å². The van der Waals surface area contributed by atoms with E-state index in [2.05, 4.69) is 38.2 Å². The second-order valence-electron chi connectivity index (χ2n) is 4.72. The fourth-order valence-corrected chi connectivity index (χ4v) is 3.36. The number of aryl methyl sites for hydroxylation is 1. The molecule has 1 atom stereocenters. The molecule has 21 heavy (non-hydrogen) atoms. The molecule has 2 aromatic heterocycles. The van der Waals surface area contributed by atoms with E-state index >= 15 is 0 Å². The van der Waals surface area contributed by atoms with Crippen molar-refractivity contribution in [3.63, 3.8) is 0 Å². The molecule has 0 saturated carbocycles. The number of hydrogen-bond donors (Lipinski definition) is 1. The number of nitrogens with zero attached hydrogens (tertiary/aromatic N) is 2. The Morgan fingerprint density at radius 1 is 1.29 bits per heavy atom. The number of thiophene rings is 1. The SMILES string of the molecule is NC(CCc1ccccc1)c1nc(-c2cc(Br)cs2)no1. The van der Waals surface area contributed by atoms with Crippen LogP contribution in [0.25, 0.3) is 10.7 Å². The summed E-state index contributed by atoms with van der Waals surface area (Å²) in [5, 5.41) is 5.99. The van der Waals surface area contributed by atoms with Crippen LogP contribution in [0, 0.1) is 0 Å². The molecule has 1 unspecified atom stereocenters. The van der Waals surface area contributed by atoms with Crippen molar-refractivity contribution < 1.29 is 4.52 Å². The van der Waals surface area contributed by atoms with Gasteiger partial charge in [0.2, 0.25) is 11.7 Å². The van der Waals surface area contributed by atoms with Crippen LogP contribution in [0.15, 0.2) is 50.8 Å². The van der Waals surface area contributed by atoms with Gasteiger partial charge in [0.25, 0.3) is 0 Å². The molecule has 0 bridgehead atoms. The minimum atomic E-state index is -0.241. The van der Waals surface area contributed by atoms with E-state index in [9.17, 15) is 0 Å². The highest BCUT2D eigenvalue weighted by molar-refractivity contribution is 9.10. The molecule has 0 aliphatic heterocycles. The predicted octanol–water partition coefficient (Wildman–Crippen LogP) is 4.19. The molecule has 3 rings (SSSR count). The van der Waals surface area contributed by atoms with Gasteiger partial charge in [-0.3, -0.25) is 0 Å². The molecule has 108 valence electrons. The van der Waals surface area contributed by atoms with Crippen LogP contribution >= 0.6 is 27.3 Å². The molecule has 3 aromatic rings. The van der Waals surface area contributed by atoms with E-state index in [0.717, 1.165) is 22.2 Å². The van der Waals surface area contributed by atoms with Gasteiger partial charge in [-0.15, -0.1) is 11.3 Å². The largest absolute Gasteiger partial charge is 0.337 e. The Balaban J connectivity index is 1.65. The van der Waals surface area contributed by atoms with Gasteiger partial charge in [-0.2, -0.15) is 4.98 Å². The molecule has 2 N–H and O–H groups in total. The molecule has 1 aromatic carbocycles. The first-order chi connectivity index (χ1) is 10.2. The summed E-state index contributed by atoms with van der Waals surface area (Å²) in [6.07, 6.45) is 1.67. The minimum Gasteiger partial charge on any atom is -0.337 e. The van der Waals surface area contributed by atoms with E-state index in [1.165, 1.54) is 5.56 Å². The van der Waals surface area contributed by atoms with Crippen LogP contribution in [0.5, 0.6) is 0 Å². The van der Waals surface area contributed by atoms with Crippen LogP contribution in [-0.4, -0.2) is 10.1 Å². The van der Waals surface area contributed by atoms with Gasteiger partial charge in [0, 0.05) is 9.85 Å². The smallest absolute Gasteiger partial charge is 0.243 e. The lowest BCUT2D eigenvalue weighted by atomic mass is 10.1. The fraction of sp³-hybridized carbons (Fsp3) is 0.200. The van der Waals surface area contributed by atoms with Crippen molar-refractivity contribution in [1.82, 2.24) is 10.1 Å². The maximum atomic E-state index is 6.14. The van der Waals surface area contributed by atoms with E-state index in [1.807, 2.05) is 29.6 Å². The zero-order chi connectivity index (χ0) is 14.7. The Labute approximate surface area is 135 Å². The topological polar surface area (TPSA) is 64.9 Å².